The molecule has 0 amide bonds. The van der Waals surface area contributed by atoms with Gasteiger partial charge >= 0.3 is 0 Å². The van der Waals surface area contributed by atoms with E-state index in [-0.39, 0.29) is 17.8 Å². The Morgan fingerprint density at radius 3 is 2.00 bits per heavy atom. The highest BCUT2D eigenvalue weighted by atomic mass is 15.3. The number of azide groups is 1. The second-order valence-corrected chi connectivity index (χ2v) is 2.47. The zero-order valence-corrected chi connectivity index (χ0v) is 9.18. The fourth-order valence-corrected chi connectivity index (χ4v) is 0.798. The normalized spacial score (nSPS) is 7.65. The predicted molar refractivity (Wildman–Crippen MR) is 62.8 cm³/mol. The highest BCUT2D eigenvalue weighted by Crippen LogP contribution is 2.11. The monoisotopic (exact) mass is 228 g/mol. The van der Waals surface area contributed by atoms with Crippen LogP contribution in [0.15, 0.2) is 5.11 Å². The van der Waals surface area contributed by atoms with Gasteiger partial charge in [0.1, 0.15) is 0 Å². The molecule has 0 spiro atoms. The first-order chi connectivity index (χ1) is 8.30. The van der Waals surface area contributed by atoms with E-state index in [0.29, 0.717) is 0 Å². The number of nitrogens with one attached hydrogen (secondary N) is 2. The van der Waals surface area contributed by atoms with Gasteiger partial charge in [0.05, 0.1) is 0 Å². The minimum Gasteiger partial charge on any atom is -0.283 e. The van der Waals surface area contributed by atoms with E-state index in [1.165, 1.54) is 0 Å². The van der Waals surface area contributed by atoms with Crippen molar-refractivity contribution in [1.29, 1.82) is 0 Å². The quantitative estimate of drug-likeness (QED) is 0.268. The molecular weight excluding hydrogens is 220 g/mol. The van der Waals surface area contributed by atoms with Crippen LogP contribution in [0, 0.1) is 23.9 Å². The summed E-state index contributed by atoms with van der Waals surface area (Å²) in [6, 6.07) is 5.13. The number of hydrogen-bond donors (Lipinski definition) is 2. The maximum atomic E-state index is 8.31. The molecule has 0 bridgehead atoms. The number of nitrogens with zero attached hydrogens (tertiary/aromatic N) is 6. The summed E-state index contributed by atoms with van der Waals surface area (Å²) in [6.45, 7) is 3.31. The molecule has 0 saturated carbocycles. The van der Waals surface area contributed by atoms with Gasteiger partial charge < -0.3 is 0 Å². The summed E-state index contributed by atoms with van der Waals surface area (Å²) in [5.74, 6) is 5.52. The van der Waals surface area contributed by atoms with Crippen LogP contribution in [0.1, 0.15) is 13.8 Å². The third-order valence-corrected chi connectivity index (χ3v) is 1.36. The van der Waals surface area contributed by atoms with Crippen molar-refractivity contribution in [1.82, 2.24) is 15.0 Å². The fraction of sp³-hybridized carbons (Fsp3) is 0.222. The smallest absolute Gasteiger partial charge is 0.239 e. The number of anilines is 2. The van der Waals surface area contributed by atoms with Crippen LogP contribution in [0.4, 0.5) is 17.8 Å². The highest BCUT2D eigenvalue weighted by Gasteiger charge is 2.03. The van der Waals surface area contributed by atoms with E-state index in [0.717, 1.165) is 0 Å². The molecule has 1 rings (SSSR count). The van der Waals surface area contributed by atoms with Crippen LogP contribution in [-0.2, 0) is 0 Å². The van der Waals surface area contributed by atoms with Crippen molar-refractivity contribution >= 4 is 17.8 Å². The molecule has 0 aliphatic heterocycles. The van der Waals surface area contributed by atoms with Gasteiger partial charge in [-0.05, 0) is 24.5 Å². The molecule has 0 atom stereocenters. The van der Waals surface area contributed by atoms with Crippen molar-refractivity contribution in [2.45, 2.75) is 13.8 Å². The average molecular weight is 228 g/mol. The lowest BCUT2D eigenvalue weighted by molar-refractivity contribution is 1.05. The summed E-state index contributed by atoms with van der Waals surface area (Å²) in [6.07, 6.45) is 0. The van der Waals surface area contributed by atoms with E-state index in [9.17, 15) is 0 Å². The van der Waals surface area contributed by atoms with Crippen LogP contribution < -0.4 is 10.6 Å². The van der Waals surface area contributed by atoms with E-state index >= 15 is 0 Å². The molecule has 8 nitrogen and oxygen atoms in total. The van der Waals surface area contributed by atoms with Crippen LogP contribution >= 0.6 is 0 Å². The van der Waals surface area contributed by atoms with Crippen molar-refractivity contribution < 1.29 is 0 Å². The largest absolute Gasteiger partial charge is 0.283 e. The zero-order chi connectivity index (χ0) is 12.5. The lowest BCUT2D eigenvalue weighted by Crippen LogP contribution is -2.02. The Labute approximate surface area is 97.5 Å². The lowest BCUT2D eigenvalue weighted by Gasteiger charge is -2.01. The standard InChI is InChI=1S/C9H8N8/c1-3-5-11-7-13-8(12-6-4-2)15-9(14-7)16-17-10/h1-2H3,(H2,11,12,13,14,15). The second-order valence-electron chi connectivity index (χ2n) is 2.47. The van der Waals surface area contributed by atoms with Crippen molar-refractivity contribution in [2.75, 3.05) is 10.6 Å². The Morgan fingerprint density at radius 2 is 1.59 bits per heavy atom. The highest BCUT2D eigenvalue weighted by molar-refractivity contribution is 5.44. The fourth-order valence-electron chi connectivity index (χ4n) is 0.798. The van der Waals surface area contributed by atoms with E-state index in [1.54, 1.807) is 13.8 Å². The van der Waals surface area contributed by atoms with Crippen LogP contribution in [0.25, 0.3) is 10.4 Å². The first kappa shape index (κ1) is 12.1. The van der Waals surface area contributed by atoms with Gasteiger partial charge in [0.15, 0.2) is 0 Å². The summed E-state index contributed by atoms with van der Waals surface area (Å²) in [7, 11) is 0. The third-order valence-electron chi connectivity index (χ3n) is 1.36. The molecule has 84 valence electrons. The predicted octanol–water partition coefficient (Wildman–Crippen LogP) is 1.60. The second kappa shape index (κ2) is 6.51. The first-order valence-corrected chi connectivity index (χ1v) is 4.47. The van der Waals surface area contributed by atoms with Gasteiger partial charge in [-0.25, -0.2) is 0 Å². The maximum absolute atomic E-state index is 8.31. The molecule has 8 heteroatoms. The number of aromatic nitrogens is 3. The van der Waals surface area contributed by atoms with Crippen LogP contribution in [0.5, 0.6) is 0 Å². The molecule has 1 aromatic heterocycles. The Bertz CT molecular complexity index is 524. The third kappa shape index (κ3) is 3.96. The van der Waals surface area contributed by atoms with Gasteiger partial charge in [-0.2, -0.15) is 15.0 Å². The molecule has 0 fully saturated rings. The van der Waals surface area contributed by atoms with Gasteiger partial charge in [0.25, 0.3) is 0 Å². The molecule has 2 N–H and O–H groups in total. The molecule has 1 aromatic rings. The van der Waals surface area contributed by atoms with Gasteiger partial charge in [-0.1, -0.05) is 11.8 Å². The van der Waals surface area contributed by atoms with Gasteiger partial charge in [0, 0.05) is 17.0 Å². The summed E-state index contributed by atoms with van der Waals surface area (Å²) >= 11 is 0. The molecule has 0 aliphatic rings. The molecular formula is C9H8N8. The summed E-state index contributed by atoms with van der Waals surface area (Å²) < 4.78 is 0. The Morgan fingerprint density at radius 1 is 1.06 bits per heavy atom. The summed E-state index contributed by atoms with van der Waals surface area (Å²) in [4.78, 5) is 14.2. The van der Waals surface area contributed by atoms with Gasteiger partial charge in [-0.3, -0.25) is 10.6 Å². The topological polar surface area (TPSA) is 111 Å². The maximum Gasteiger partial charge on any atom is 0.239 e. The molecule has 17 heavy (non-hydrogen) atoms. The molecule has 0 radical (unpaired) electrons. The molecule has 1 heterocycles. The Hall–Kier alpha value is -2.96. The minimum atomic E-state index is -0.0664. The average Bonchev–Trinajstić information content (AvgIpc) is 2.34. The van der Waals surface area contributed by atoms with Crippen molar-refractivity contribution in [3.05, 3.63) is 10.4 Å². The van der Waals surface area contributed by atoms with Crippen LogP contribution in [-0.4, -0.2) is 15.0 Å². The Balaban J connectivity index is 3.09. The Kier molecular flexibility index (Phi) is 4.64. The number of rotatable bonds is 3. The van der Waals surface area contributed by atoms with Crippen molar-refractivity contribution in [3.63, 3.8) is 0 Å². The molecule has 0 aromatic carbocycles. The van der Waals surface area contributed by atoms with Gasteiger partial charge in [0.2, 0.25) is 17.8 Å². The van der Waals surface area contributed by atoms with Gasteiger partial charge in [-0.15, -0.1) is 0 Å². The van der Waals surface area contributed by atoms with Crippen LogP contribution in [0.3, 0.4) is 0 Å². The summed E-state index contributed by atoms with van der Waals surface area (Å²) in [5, 5.41) is 8.52. The zero-order valence-electron chi connectivity index (χ0n) is 9.18. The molecule has 0 unspecified atom stereocenters. The van der Waals surface area contributed by atoms with E-state index in [4.69, 9.17) is 5.53 Å². The first-order valence-electron chi connectivity index (χ1n) is 4.47. The van der Waals surface area contributed by atoms with Crippen molar-refractivity contribution in [3.8, 4) is 23.9 Å². The van der Waals surface area contributed by atoms with E-state index < -0.39 is 0 Å². The summed E-state index contributed by atoms with van der Waals surface area (Å²) in [5.41, 5.74) is 8.31. The SMILES string of the molecule is CC#CNc1nc(N=[N+]=[N-])nc(NC#CC)n1. The molecule has 0 aliphatic carbocycles. The molecule has 0 saturated heterocycles. The number of hydrogen-bond acceptors (Lipinski definition) is 6. The minimum absolute atomic E-state index is 0.0664. The lowest BCUT2D eigenvalue weighted by atomic mass is 10.7. The van der Waals surface area contributed by atoms with E-state index in [2.05, 4.69) is 59.5 Å². The van der Waals surface area contributed by atoms with E-state index in [1.807, 2.05) is 0 Å². The van der Waals surface area contributed by atoms with Crippen LogP contribution in [0.2, 0.25) is 0 Å². The van der Waals surface area contributed by atoms with Crippen molar-refractivity contribution in [2.24, 2.45) is 5.11 Å².